The van der Waals surface area contributed by atoms with E-state index in [1.807, 2.05) is 0 Å². The molecule has 2 radical (unpaired) electrons. The standard InChI is InChI=1S/C5H2F3N3/c6-5(7,8)11-2-4(1-9)10-3-11/h2,4H. The van der Waals surface area contributed by atoms with E-state index < -0.39 is 12.3 Å². The highest BCUT2D eigenvalue weighted by atomic mass is 19.4. The van der Waals surface area contributed by atoms with Crippen molar-refractivity contribution >= 4 is 6.34 Å². The monoisotopic (exact) mass is 161 g/mol. The molecule has 0 aromatic rings. The van der Waals surface area contributed by atoms with Crippen LogP contribution in [0, 0.1) is 17.9 Å². The highest BCUT2D eigenvalue weighted by Crippen LogP contribution is 2.24. The van der Waals surface area contributed by atoms with Gasteiger partial charge in [0.05, 0.1) is 12.6 Å². The van der Waals surface area contributed by atoms with Crippen molar-refractivity contribution in [2.45, 2.75) is 12.3 Å². The number of aliphatic imine (C=N–C) groups is 1. The van der Waals surface area contributed by atoms with Crippen LogP contribution in [0.25, 0.3) is 0 Å². The van der Waals surface area contributed by atoms with E-state index in [9.17, 15) is 13.2 Å². The Bertz CT molecular complexity index is 214. The molecule has 0 bridgehead atoms. The van der Waals surface area contributed by atoms with Gasteiger partial charge in [0.15, 0.2) is 12.4 Å². The van der Waals surface area contributed by atoms with Crippen molar-refractivity contribution in [3.63, 3.8) is 0 Å². The molecule has 0 N–H and O–H groups in total. The molecule has 1 aliphatic rings. The summed E-state index contributed by atoms with van der Waals surface area (Å²) in [4.78, 5) is 2.98. The Kier molecular flexibility index (Phi) is 1.72. The zero-order valence-electron chi connectivity index (χ0n) is 5.13. The maximum absolute atomic E-state index is 11.7. The fraction of sp³-hybridized carbons (Fsp3) is 0.400. The fourth-order valence-electron chi connectivity index (χ4n) is 0.536. The maximum Gasteiger partial charge on any atom is 0.486 e. The van der Waals surface area contributed by atoms with Crippen molar-refractivity contribution in [1.82, 2.24) is 4.90 Å². The summed E-state index contributed by atoms with van der Waals surface area (Å²) in [5.74, 6) is 0. The minimum Gasteiger partial charge on any atom is -0.256 e. The van der Waals surface area contributed by atoms with Gasteiger partial charge in [-0.3, -0.25) is 4.90 Å². The molecule has 1 aliphatic heterocycles. The average molecular weight is 161 g/mol. The van der Waals surface area contributed by atoms with Crippen LogP contribution in [0.1, 0.15) is 0 Å². The second-order valence-corrected chi connectivity index (χ2v) is 1.79. The number of nitrogens with zero attached hydrogens (tertiary/aromatic N) is 3. The second-order valence-electron chi connectivity index (χ2n) is 1.79. The first-order chi connectivity index (χ1) is 5.04. The van der Waals surface area contributed by atoms with E-state index in [2.05, 4.69) is 4.99 Å². The van der Waals surface area contributed by atoms with Gasteiger partial charge in [-0.15, -0.1) is 0 Å². The van der Waals surface area contributed by atoms with E-state index in [0.29, 0.717) is 6.54 Å². The van der Waals surface area contributed by atoms with Crippen LogP contribution < -0.4 is 0 Å². The zero-order chi connectivity index (χ0) is 8.48. The van der Waals surface area contributed by atoms with Gasteiger partial charge in [-0.1, -0.05) is 0 Å². The number of hydrogen-bond acceptors (Lipinski definition) is 3. The first kappa shape index (κ1) is 7.85. The van der Waals surface area contributed by atoms with Gasteiger partial charge < -0.3 is 0 Å². The molecule has 0 spiro atoms. The largest absolute Gasteiger partial charge is 0.486 e. The predicted octanol–water partition coefficient (Wildman–Crippen LogP) is 0.781. The van der Waals surface area contributed by atoms with Gasteiger partial charge in [0.1, 0.15) is 0 Å². The quantitative estimate of drug-likeness (QED) is 0.492. The Morgan fingerprint density at radius 1 is 1.64 bits per heavy atom. The summed E-state index contributed by atoms with van der Waals surface area (Å²) in [7, 11) is 0. The Morgan fingerprint density at radius 2 is 2.27 bits per heavy atom. The summed E-state index contributed by atoms with van der Waals surface area (Å²) in [5.41, 5.74) is 0. The van der Waals surface area contributed by atoms with Crippen LogP contribution in [0.4, 0.5) is 13.2 Å². The molecule has 0 aromatic carbocycles. The van der Waals surface area contributed by atoms with Gasteiger partial charge in [-0.05, 0) is 0 Å². The number of nitriles is 1. The van der Waals surface area contributed by atoms with Crippen molar-refractivity contribution in [3.05, 3.63) is 6.54 Å². The molecule has 0 saturated carbocycles. The lowest BCUT2D eigenvalue weighted by molar-refractivity contribution is -0.204. The highest BCUT2D eigenvalue weighted by Gasteiger charge is 2.40. The van der Waals surface area contributed by atoms with Crippen molar-refractivity contribution in [3.8, 4) is 6.07 Å². The lowest BCUT2D eigenvalue weighted by Crippen LogP contribution is -2.33. The maximum atomic E-state index is 11.7. The lowest BCUT2D eigenvalue weighted by atomic mass is 10.3. The second kappa shape index (κ2) is 2.42. The van der Waals surface area contributed by atoms with Crippen LogP contribution in [-0.4, -0.2) is 23.6 Å². The average Bonchev–Trinajstić information content (AvgIpc) is 2.32. The molecular weight excluding hydrogens is 159 g/mol. The summed E-state index contributed by atoms with van der Waals surface area (Å²) in [5, 5.41) is 8.14. The lowest BCUT2D eigenvalue weighted by Gasteiger charge is -2.15. The molecule has 3 nitrogen and oxygen atoms in total. The molecular formula is C5H2F3N3. The van der Waals surface area contributed by atoms with E-state index in [1.165, 1.54) is 6.07 Å². The smallest absolute Gasteiger partial charge is 0.256 e. The van der Waals surface area contributed by atoms with Crippen molar-refractivity contribution in [1.29, 1.82) is 5.26 Å². The molecule has 6 heteroatoms. The molecule has 1 rings (SSSR count). The number of rotatable bonds is 0. The van der Waals surface area contributed by atoms with Crippen molar-refractivity contribution in [2.24, 2.45) is 4.99 Å². The van der Waals surface area contributed by atoms with E-state index in [0.717, 1.165) is 0 Å². The predicted molar refractivity (Wildman–Crippen MR) is 29.0 cm³/mol. The zero-order valence-corrected chi connectivity index (χ0v) is 5.13. The van der Waals surface area contributed by atoms with Crippen molar-refractivity contribution < 1.29 is 13.2 Å². The van der Waals surface area contributed by atoms with Gasteiger partial charge in [-0.25, -0.2) is 4.99 Å². The molecule has 0 fully saturated rings. The molecule has 1 atom stereocenters. The highest BCUT2D eigenvalue weighted by molar-refractivity contribution is 5.61. The normalized spacial score (nSPS) is 23.8. The Morgan fingerprint density at radius 3 is 2.55 bits per heavy atom. The van der Waals surface area contributed by atoms with Crippen LogP contribution in [0.2, 0.25) is 0 Å². The summed E-state index contributed by atoms with van der Waals surface area (Å²) in [6, 6.07) is 0.481. The summed E-state index contributed by atoms with van der Waals surface area (Å²) in [6.45, 7) is 0.653. The number of alkyl halides is 3. The molecule has 1 unspecified atom stereocenters. The molecule has 0 amide bonds. The van der Waals surface area contributed by atoms with Crippen LogP contribution in [0.15, 0.2) is 4.99 Å². The van der Waals surface area contributed by atoms with Crippen LogP contribution in [0.3, 0.4) is 0 Å². The topological polar surface area (TPSA) is 39.4 Å². The van der Waals surface area contributed by atoms with Gasteiger partial charge in [0, 0.05) is 0 Å². The van der Waals surface area contributed by atoms with Crippen LogP contribution in [-0.2, 0) is 0 Å². The third-order valence-electron chi connectivity index (χ3n) is 1.00. The van der Waals surface area contributed by atoms with Crippen LogP contribution >= 0.6 is 0 Å². The Balaban J connectivity index is 2.59. The summed E-state index contributed by atoms with van der Waals surface area (Å²) < 4.78 is 35.2. The number of halogens is 3. The van der Waals surface area contributed by atoms with E-state index in [1.54, 1.807) is 6.34 Å². The van der Waals surface area contributed by atoms with Gasteiger partial charge in [0.2, 0.25) is 0 Å². The molecule has 0 aromatic heterocycles. The van der Waals surface area contributed by atoms with Gasteiger partial charge in [-0.2, -0.15) is 18.4 Å². The summed E-state index contributed by atoms with van der Waals surface area (Å²) in [6.07, 6.45) is -2.87. The molecule has 1 heterocycles. The first-order valence-corrected chi connectivity index (χ1v) is 2.60. The molecule has 58 valence electrons. The minimum absolute atomic E-state index is 0.166. The van der Waals surface area contributed by atoms with E-state index >= 15 is 0 Å². The molecule has 0 aliphatic carbocycles. The Labute approximate surface area is 60.7 Å². The van der Waals surface area contributed by atoms with E-state index in [-0.39, 0.29) is 4.90 Å². The third-order valence-corrected chi connectivity index (χ3v) is 1.00. The third kappa shape index (κ3) is 1.61. The number of hydrogen-bond donors (Lipinski definition) is 0. The Hall–Kier alpha value is -1.25. The minimum atomic E-state index is -4.52. The van der Waals surface area contributed by atoms with E-state index in [4.69, 9.17) is 5.26 Å². The summed E-state index contributed by atoms with van der Waals surface area (Å²) >= 11 is 0. The van der Waals surface area contributed by atoms with Gasteiger partial charge in [0.25, 0.3) is 0 Å². The first-order valence-electron chi connectivity index (χ1n) is 2.60. The van der Waals surface area contributed by atoms with Crippen LogP contribution in [0.5, 0.6) is 0 Å². The molecule has 11 heavy (non-hydrogen) atoms. The van der Waals surface area contributed by atoms with Crippen molar-refractivity contribution in [2.75, 3.05) is 0 Å². The SMILES string of the molecule is N#CC1[CH]N(C(F)(F)F)[C]=N1. The van der Waals surface area contributed by atoms with Gasteiger partial charge >= 0.3 is 6.30 Å². The fourth-order valence-corrected chi connectivity index (χ4v) is 0.536. The molecule has 0 saturated heterocycles.